The molecule has 0 saturated carbocycles. The first kappa shape index (κ1) is 19.2. The van der Waals surface area contributed by atoms with Gasteiger partial charge in [0.05, 0.1) is 19.9 Å². The van der Waals surface area contributed by atoms with Crippen molar-refractivity contribution in [1.82, 2.24) is 14.7 Å². The van der Waals surface area contributed by atoms with Crippen molar-refractivity contribution in [3.8, 4) is 22.8 Å². The second kappa shape index (κ2) is 7.81. The summed E-state index contributed by atoms with van der Waals surface area (Å²) in [6, 6.07) is 6.65. The van der Waals surface area contributed by atoms with E-state index in [9.17, 15) is 14.4 Å². The molecule has 8 heteroatoms. The number of Topliss-reactive ketones (excluding diaryl/α,β-unsaturated/α-hetero) is 1. The number of carbonyl (C=O) groups is 2. The van der Waals surface area contributed by atoms with Gasteiger partial charge in [0.2, 0.25) is 0 Å². The van der Waals surface area contributed by atoms with E-state index in [2.05, 4.69) is 5.10 Å². The molecule has 1 amide bonds. The highest BCUT2D eigenvalue weighted by Gasteiger charge is 2.29. The minimum atomic E-state index is -1.31. The zero-order valence-electron chi connectivity index (χ0n) is 15.3. The summed E-state index contributed by atoms with van der Waals surface area (Å²) in [5.41, 5.74) is 0.531. The normalized spacial score (nSPS) is 11.6. The number of hydrogen-bond acceptors (Lipinski definition) is 6. The van der Waals surface area contributed by atoms with E-state index in [0.29, 0.717) is 22.8 Å². The zero-order valence-corrected chi connectivity index (χ0v) is 15.3. The molecule has 1 aromatic carbocycles. The third kappa shape index (κ3) is 3.74. The quantitative estimate of drug-likeness (QED) is 0.719. The van der Waals surface area contributed by atoms with E-state index in [-0.39, 0.29) is 0 Å². The number of rotatable bonds is 6. The van der Waals surface area contributed by atoms with Gasteiger partial charge in [0.25, 0.3) is 11.5 Å². The number of likely N-dealkylation sites (N-methyl/N-ethyl adjacent to an activating group) is 1. The molecule has 0 N–H and O–H groups in total. The molecule has 0 bridgehead atoms. The molecule has 2 aromatic rings. The number of ketones is 1. The third-order valence-electron chi connectivity index (χ3n) is 3.81. The lowest BCUT2D eigenvalue weighted by Gasteiger charge is -2.20. The van der Waals surface area contributed by atoms with E-state index >= 15 is 0 Å². The summed E-state index contributed by atoms with van der Waals surface area (Å²) in [6.45, 7) is 1.25. The van der Waals surface area contributed by atoms with Crippen LogP contribution in [0.4, 0.5) is 0 Å². The van der Waals surface area contributed by atoms with Gasteiger partial charge in [-0.1, -0.05) is 0 Å². The number of benzene rings is 1. The van der Waals surface area contributed by atoms with Crippen LogP contribution in [0.1, 0.15) is 13.0 Å². The molecular formula is C18H21N3O5. The maximum Gasteiger partial charge on any atom is 0.267 e. The van der Waals surface area contributed by atoms with Gasteiger partial charge in [0.15, 0.2) is 23.3 Å². The predicted molar refractivity (Wildman–Crippen MR) is 95.4 cm³/mol. The summed E-state index contributed by atoms with van der Waals surface area (Å²) in [5.74, 6) is 0.0605. The fourth-order valence-corrected chi connectivity index (χ4v) is 2.46. The predicted octanol–water partition coefficient (Wildman–Crippen LogP) is 1.15. The molecule has 0 aliphatic heterocycles. The fourth-order valence-electron chi connectivity index (χ4n) is 2.46. The average molecular weight is 359 g/mol. The van der Waals surface area contributed by atoms with Crippen LogP contribution in [0.25, 0.3) is 11.3 Å². The number of ether oxygens (including phenoxy) is 2. The molecule has 0 aliphatic carbocycles. The zero-order chi connectivity index (χ0) is 19.4. The molecule has 0 unspecified atom stereocenters. The second-order valence-corrected chi connectivity index (χ2v) is 5.82. The Balaban J connectivity index is 2.58. The fraction of sp³-hybridized carbons (Fsp3) is 0.333. The van der Waals surface area contributed by atoms with Crippen molar-refractivity contribution in [1.29, 1.82) is 0 Å². The summed E-state index contributed by atoms with van der Waals surface area (Å²) in [6.07, 6.45) is 0. The van der Waals surface area contributed by atoms with Crippen LogP contribution in [0.3, 0.4) is 0 Å². The summed E-state index contributed by atoms with van der Waals surface area (Å²) >= 11 is 0. The lowest BCUT2D eigenvalue weighted by Crippen LogP contribution is -2.41. The average Bonchev–Trinajstić information content (AvgIpc) is 2.62. The third-order valence-corrected chi connectivity index (χ3v) is 3.81. The Morgan fingerprint density at radius 1 is 1.08 bits per heavy atom. The maximum absolute atomic E-state index is 12.3. The Morgan fingerprint density at radius 2 is 1.73 bits per heavy atom. The monoisotopic (exact) mass is 359 g/mol. The number of hydrogen-bond donors (Lipinski definition) is 0. The molecule has 1 atom stereocenters. The van der Waals surface area contributed by atoms with Crippen molar-refractivity contribution in [3.63, 3.8) is 0 Å². The number of amides is 1. The van der Waals surface area contributed by atoms with Crippen molar-refractivity contribution in [2.24, 2.45) is 0 Å². The molecule has 8 nitrogen and oxygen atoms in total. The van der Waals surface area contributed by atoms with Crippen molar-refractivity contribution < 1.29 is 19.1 Å². The van der Waals surface area contributed by atoms with Gasteiger partial charge in [0, 0.05) is 25.7 Å². The molecule has 26 heavy (non-hydrogen) atoms. The van der Waals surface area contributed by atoms with E-state index in [1.807, 2.05) is 0 Å². The molecule has 138 valence electrons. The molecule has 1 aromatic heterocycles. The van der Waals surface area contributed by atoms with Crippen molar-refractivity contribution >= 4 is 11.7 Å². The van der Waals surface area contributed by atoms with E-state index in [1.165, 1.54) is 52.3 Å². The maximum atomic E-state index is 12.3. The van der Waals surface area contributed by atoms with Gasteiger partial charge in [-0.3, -0.25) is 14.4 Å². The van der Waals surface area contributed by atoms with Gasteiger partial charge >= 0.3 is 0 Å². The first-order valence-electron chi connectivity index (χ1n) is 7.84. The minimum Gasteiger partial charge on any atom is -0.493 e. The minimum absolute atomic E-state index is 0.420. The van der Waals surface area contributed by atoms with Crippen LogP contribution in [0.15, 0.2) is 35.1 Å². The molecule has 0 spiro atoms. The number of methoxy groups -OCH3 is 2. The van der Waals surface area contributed by atoms with E-state index in [0.717, 1.165) is 4.68 Å². The topological polar surface area (TPSA) is 90.7 Å². The Morgan fingerprint density at radius 3 is 2.27 bits per heavy atom. The SMILES string of the molecule is COc1ccc(-c2ccc(=O)n([C@H](C(C)=O)C(=O)N(C)C)n2)cc1OC. The largest absolute Gasteiger partial charge is 0.493 e. The van der Waals surface area contributed by atoms with Crippen molar-refractivity contribution in [3.05, 3.63) is 40.7 Å². The molecule has 0 fully saturated rings. The molecule has 0 saturated heterocycles. The molecule has 0 radical (unpaired) electrons. The van der Waals surface area contributed by atoms with Gasteiger partial charge in [-0.2, -0.15) is 5.10 Å². The Labute approximate surface area is 150 Å². The van der Waals surface area contributed by atoms with Crippen molar-refractivity contribution in [2.75, 3.05) is 28.3 Å². The Hall–Kier alpha value is -3.16. The first-order chi connectivity index (χ1) is 12.3. The van der Waals surface area contributed by atoms with E-state index in [4.69, 9.17) is 9.47 Å². The molecular weight excluding hydrogens is 338 g/mol. The van der Waals surface area contributed by atoms with Crippen LogP contribution in [0, 0.1) is 0 Å². The van der Waals surface area contributed by atoms with Crippen LogP contribution in [-0.2, 0) is 9.59 Å². The van der Waals surface area contributed by atoms with Gasteiger partial charge in [0.1, 0.15) is 0 Å². The van der Waals surface area contributed by atoms with Crippen molar-refractivity contribution in [2.45, 2.75) is 13.0 Å². The Bertz CT molecular complexity index is 889. The smallest absolute Gasteiger partial charge is 0.267 e. The summed E-state index contributed by atoms with van der Waals surface area (Å²) < 4.78 is 11.4. The highest BCUT2D eigenvalue weighted by Crippen LogP contribution is 2.31. The van der Waals surface area contributed by atoms with Gasteiger partial charge < -0.3 is 14.4 Å². The van der Waals surface area contributed by atoms with Gasteiger partial charge in [-0.15, -0.1) is 0 Å². The van der Waals surface area contributed by atoms with E-state index in [1.54, 1.807) is 18.2 Å². The van der Waals surface area contributed by atoms with E-state index < -0.39 is 23.3 Å². The van der Waals surface area contributed by atoms with Crippen LogP contribution in [0.2, 0.25) is 0 Å². The number of aromatic nitrogens is 2. The molecule has 2 rings (SSSR count). The van der Waals surface area contributed by atoms with Crippen LogP contribution < -0.4 is 15.0 Å². The summed E-state index contributed by atoms with van der Waals surface area (Å²) in [5, 5.41) is 4.24. The summed E-state index contributed by atoms with van der Waals surface area (Å²) in [4.78, 5) is 37.8. The highest BCUT2D eigenvalue weighted by molar-refractivity contribution is 6.02. The lowest BCUT2D eigenvalue weighted by atomic mass is 10.1. The highest BCUT2D eigenvalue weighted by atomic mass is 16.5. The molecule has 1 heterocycles. The van der Waals surface area contributed by atoms with Gasteiger partial charge in [-0.05, 0) is 31.2 Å². The number of carbonyl (C=O) groups excluding carboxylic acids is 2. The first-order valence-corrected chi connectivity index (χ1v) is 7.84. The lowest BCUT2D eigenvalue weighted by molar-refractivity contribution is -0.138. The van der Waals surface area contributed by atoms with Crippen LogP contribution in [0.5, 0.6) is 11.5 Å². The standard InChI is InChI=1S/C18H21N3O5/c1-11(22)17(18(24)20(2)3)21-16(23)9-7-13(19-21)12-6-8-14(25-4)15(10-12)26-5/h6-10,17H,1-5H3/t17-/m1/s1. The number of nitrogens with zero attached hydrogens (tertiary/aromatic N) is 3. The van der Waals surface area contributed by atoms with Crippen LogP contribution in [-0.4, -0.2) is 54.7 Å². The summed E-state index contributed by atoms with van der Waals surface area (Å²) in [7, 11) is 6.07. The second-order valence-electron chi connectivity index (χ2n) is 5.82. The van der Waals surface area contributed by atoms with Gasteiger partial charge in [-0.25, -0.2) is 4.68 Å². The van der Waals surface area contributed by atoms with Crippen LogP contribution >= 0.6 is 0 Å². The molecule has 0 aliphatic rings. The Kier molecular flexibility index (Phi) is 5.76.